The van der Waals surface area contributed by atoms with Crippen LogP contribution in [0.3, 0.4) is 0 Å². The van der Waals surface area contributed by atoms with Crippen LogP contribution < -0.4 is 5.32 Å². The maximum absolute atomic E-state index is 12.7. The van der Waals surface area contributed by atoms with Crippen molar-refractivity contribution in [3.8, 4) is 0 Å². The molecule has 0 unspecified atom stereocenters. The van der Waals surface area contributed by atoms with E-state index >= 15 is 0 Å². The van der Waals surface area contributed by atoms with E-state index in [0.717, 1.165) is 45.5 Å². The first-order chi connectivity index (χ1) is 11.1. The van der Waals surface area contributed by atoms with Gasteiger partial charge in [-0.05, 0) is 48.9 Å². The quantitative estimate of drug-likeness (QED) is 0.819. The van der Waals surface area contributed by atoms with Gasteiger partial charge in [-0.15, -0.1) is 11.3 Å². The highest BCUT2D eigenvalue weighted by Crippen LogP contribution is 2.34. The van der Waals surface area contributed by atoms with Gasteiger partial charge in [0.1, 0.15) is 0 Å². The molecular formula is C18H18N2O2S. The fraction of sp³-hybridized carbons (Fsp3) is 0.333. The first-order valence-electron chi connectivity index (χ1n) is 7.92. The van der Waals surface area contributed by atoms with E-state index in [2.05, 4.69) is 18.3 Å². The summed E-state index contributed by atoms with van der Waals surface area (Å²) in [6.07, 6.45) is 3.91. The van der Waals surface area contributed by atoms with E-state index in [1.807, 2.05) is 23.1 Å². The van der Waals surface area contributed by atoms with Crippen LogP contribution in [0.5, 0.6) is 0 Å². The molecule has 2 aliphatic heterocycles. The molecule has 1 N–H and O–H groups in total. The third-order valence-corrected chi connectivity index (χ3v) is 5.84. The Hall–Kier alpha value is -2.14. The third-order valence-electron chi connectivity index (χ3n) is 4.63. The fourth-order valence-electron chi connectivity index (χ4n) is 3.23. The van der Waals surface area contributed by atoms with Gasteiger partial charge >= 0.3 is 0 Å². The number of thiophene rings is 1. The molecule has 0 fully saturated rings. The molecule has 0 aliphatic carbocycles. The summed E-state index contributed by atoms with van der Waals surface area (Å²) in [6, 6.07) is 5.83. The number of fused-ring (bicyclic) bond motifs is 3. The summed E-state index contributed by atoms with van der Waals surface area (Å²) in [6.45, 7) is 4.25. The molecule has 0 spiro atoms. The highest BCUT2D eigenvalue weighted by molar-refractivity contribution is 7.21. The van der Waals surface area contributed by atoms with E-state index in [1.54, 1.807) is 0 Å². The van der Waals surface area contributed by atoms with Crippen molar-refractivity contribution in [1.82, 2.24) is 10.2 Å². The lowest BCUT2D eigenvalue weighted by Crippen LogP contribution is -2.34. The molecular weight excluding hydrogens is 308 g/mol. The van der Waals surface area contributed by atoms with E-state index in [4.69, 9.17) is 0 Å². The molecule has 5 heteroatoms. The smallest absolute Gasteiger partial charge is 0.261 e. The molecule has 0 saturated carbocycles. The van der Waals surface area contributed by atoms with Crippen molar-refractivity contribution in [3.63, 3.8) is 0 Å². The van der Waals surface area contributed by atoms with Crippen LogP contribution in [-0.2, 0) is 6.42 Å². The van der Waals surface area contributed by atoms with E-state index in [1.165, 1.54) is 16.9 Å². The number of benzene rings is 1. The Kier molecular flexibility index (Phi) is 3.45. The van der Waals surface area contributed by atoms with Crippen molar-refractivity contribution in [3.05, 3.63) is 45.9 Å². The molecule has 2 amide bonds. The van der Waals surface area contributed by atoms with Crippen LogP contribution in [0.1, 0.15) is 38.9 Å². The van der Waals surface area contributed by atoms with Gasteiger partial charge in [-0.25, -0.2) is 0 Å². The number of amides is 2. The molecule has 3 heterocycles. The van der Waals surface area contributed by atoms with Crippen LogP contribution in [0.25, 0.3) is 10.1 Å². The van der Waals surface area contributed by atoms with Crippen LogP contribution in [0, 0.1) is 0 Å². The van der Waals surface area contributed by atoms with Gasteiger partial charge in [0.15, 0.2) is 0 Å². The summed E-state index contributed by atoms with van der Waals surface area (Å²) >= 11 is 1.52. The standard InChI is InChI=1S/C18H18N2O2S/c1-11-5-8-20(9-6-11)18(22)12-2-3-15-14(10-12)13-4-7-19-17(21)16(13)23-15/h2-3,5,10H,4,6-9H2,1H3,(H,19,21). The summed E-state index contributed by atoms with van der Waals surface area (Å²) < 4.78 is 1.08. The van der Waals surface area contributed by atoms with E-state index in [0.29, 0.717) is 13.1 Å². The Labute approximate surface area is 138 Å². The highest BCUT2D eigenvalue weighted by Gasteiger charge is 2.24. The zero-order valence-electron chi connectivity index (χ0n) is 13.0. The van der Waals surface area contributed by atoms with E-state index in [-0.39, 0.29) is 11.8 Å². The summed E-state index contributed by atoms with van der Waals surface area (Å²) in [4.78, 5) is 27.4. The first-order valence-corrected chi connectivity index (χ1v) is 8.73. The van der Waals surface area contributed by atoms with Gasteiger partial charge in [0.2, 0.25) is 0 Å². The topological polar surface area (TPSA) is 49.4 Å². The molecule has 0 radical (unpaired) electrons. The van der Waals surface area contributed by atoms with E-state index in [9.17, 15) is 9.59 Å². The number of nitrogens with zero attached hydrogens (tertiary/aromatic N) is 1. The minimum absolute atomic E-state index is 0.0111. The number of carbonyl (C=O) groups is 2. The molecule has 0 atom stereocenters. The second kappa shape index (κ2) is 5.49. The highest BCUT2D eigenvalue weighted by atomic mass is 32.1. The van der Waals surface area contributed by atoms with Crippen LogP contribution in [-0.4, -0.2) is 36.3 Å². The number of nitrogens with one attached hydrogen (secondary N) is 1. The van der Waals surface area contributed by atoms with Crippen LogP contribution in [0.2, 0.25) is 0 Å². The van der Waals surface area contributed by atoms with Crippen LogP contribution in [0.15, 0.2) is 29.8 Å². The molecule has 0 saturated heterocycles. The van der Waals surface area contributed by atoms with Crippen molar-refractivity contribution in [2.75, 3.05) is 19.6 Å². The van der Waals surface area contributed by atoms with Crippen LogP contribution >= 0.6 is 11.3 Å². The number of hydrogen-bond acceptors (Lipinski definition) is 3. The summed E-state index contributed by atoms with van der Waals surface area (Å²) in [5.41, 5.74) is 3.16. The minimum Gasteiger partial charge on any atom is -0.351 e. The number of carbonyl (C=O) groups excluding carboxylic acids is 2. The lowest BCUT2D eigenvalue weighted by atomic mass is 10.0. The van der Waals surface area contributed by atoms with Crippen molar-refractivity contribution >= 4 is 33.2 Å². The van der Waals surface area contributed by atoms with Gasteiger partial charge in [0.05, 0.1) is 4.88 Å². The second-order valence-electron chi connectivity index (χ2n) is 6.18. The van der Waals surface area contributed by atoms with Gasteiger partial charge in [0, 0.05) is 29.9 Å². The minimum atomic E-state index is 0.0111. The maximum atomic E-state index is 12.7. The Balaban J connectivity index is 1.71. The van der Waals surface area contributed by atoms with Crippen molar-refractivity contribution in [2.45, 2.75) is 19.8 Å². The average Bonchev–Trinajstić information content (AvgIpc) is 2.94. The molecule has 2 aliphatic rings. The first kappa shape index (κ1) is 14.5. The normalized spacial score (nSPS) is 17.7. The lowest BCUT2D eigenvalue weighted by Gasteiger charge is -2.25. The van der Waals surface area contributed by atoms with Gasteiger partial charge in [-0.1, -0.05) is 11.6 Å². The van der Waals surface area contributed by atoms with Crippen LogP contribution in [0.4, 0.5) is 0 Å². The Morgan fingerprint density at radius 1 is 1.30 bits per heavy atom. The van der Waals surface area contributed by atoms with Gasteiger partial charge in [-0.3, -0.25) is 9.59 Å². The van der Waals surface area contributed by atoms with Gasteiger partial charge in [-0.2, -0.15) is 0 Å². The van der Waals surface area contributed by atoms with Crippen molar-refractivity contribution < 1.29 is 9.59 Å². The molecule has 4 rings (SSSR count). The van der Waals surface area contributed by atoms with Gasteiger partial charge < -0.3 is 10.2 Å². The molecule has 0 bridgehead atoms. The van der Waals surface area contributed by atoms with Crippen molar-refractivity contribution in [2.24, 2.45) is 0 Å². The predicted molar refractivity (Wildman–Crippen MR) is 92.1 cm³/mol. The zero-order valence-corrected chi connectivity index (χ0v) is 13.8. The molecule has 1 aromatic heterocycles. The molecule has 118 valence electrons. The SMILES string of the molecule is CC1=CCN(C(=O)c2ccc3sc4c(c3c2)CCNC4=O)CC1. The number of rotatable bonds is 1. The summed E-state index contributed by atoms with van der Waals surface area (Å²) in [5, 5.41) is 3.95. The Morgan fingerprint density at radius 3 is 2.96 bits per heavy atom. The fourth-order valence-corrected chi connectivity index (χ4v) is 4.38. The number of hydrogen-bond donors (Lipinski definition) is 1. The maximum Gasteiger partial charge on any atom is 0.261 e. The van der Waals surface area contributed by atoms with E-state index < -0.39 is 0 Å². The average molecular weight is 326 g/mol. The van der Waals surface area contributed by atoms with Crippen molar-refractivity contribution in [1.29, 1.82) is 0 Å². The molecule has 23 heavy (non-hydrogen) atoms. The molecule has 1 aromatic carbocycles. The predicted octanol–water partition coefficient (Wildman–Crippen LogP) is 2.98. The Morgan fingerprint density at radius 2 is 2.17 bits per heavy atom. The molecule has 2 aromatic rings. The van der Waals surface area contributed by atoms with Gasteiger partial charge in [0.25, 0.3) is 11.8 Å². The zero-order chi connectivity index (χ0) is 16.0. The summed E-state index contributed by atoms with van der Waals surface area (Å²) in [7, 11) is 0. The second-order valence-corrected chi connectivity index (χ2v) is 7.23. The Bertz CT molecular complexity index is 850. The largest absolute Gasteiger partial charge is 0.351 e. The lowest BCUT2D eigenvalue weighted by molar-refractivity contribution is 0.0769. The molecule has 4 nitrogen and oxygen atoms in total. The third kappa shape index (κ3) is 2.45. The monoisotopic (exact) mass is 326 g/mol. The summed E-state index contributed by atoms with van der Waals surface area (Å²) in [5.74, 6) is 0.0906.